The Morgan fingerprint density at radius 1 is 1.37 bits per heavy atom. The van der Waals surface area contributed by atoms with E-state index in [1.165, 1.54) is 0 Å². The van der Waals surface area contributed by atoms with Crippen LogP contribution in [0.2, 0.25) is 0 Å². The number of amides is 1. The van der Waals surface area contributed by atoms with E-state index < -0.39 is 36.3 Å². The van der Waals surface area contributed by atoms with Crippen LogP contribution in [0.1, 0.15) is 16.1 Å². The van der Waals surface area contributed by atoms with Crippen LogP contribution in [0, 0.1) is 0 Å². The largest absolute Gasteiger partial charge is 0.479 e. The van der Waals surface area contributed by atoms with Gasteiger partial charge in [0.2, 0.25) is 0 Å². The van der Waals surface area contributed by atoms with Gasteiger partial charge in [0.05, 0.1) is 12.1 Å². The number of hydrogen-bond donors (Lipinski definition) is 3. The maximum atomic E-state index is 12.2. The number of nitrogens with zero attached hydrogens (tertiary/aromatic N) is 1. The van der Waals surface area contributed by atoms with Crippen LogP contribution >= 0.6 is 0 Å². The van der Waals surface area contributed by atoms with Crippen molar-refractivity contribution < 1.29 is 33.0 Å². The van der Waals surface area contributed by atoms with E-state index in [2.05, 4.69) is 4.98 Å². The number of nitrogens with one attached hydrogen (secondary N) is 1. The molecule has 9 heteroatoms. The van der Waals surface area contributed by atoms with Crippen LogP contribution in [0.15, 0.2) is 18.3 Å². The highest BCUT2D eigenvalue weighted by molar-refractivity contribution is 5.92. The van der Waals surface area contributed by atoms with E-state index in [1.807, 2.05) is 5.32 Å². The third-order valence-corrected chi connectivity index (χ3v) is 2.06. The molecule has 0 aliphatic carbocycles. The monoisotopic (exact) mass is 278 g/mol. The van der Waals surface area contributed by atoms with Gasteiger partial charge >= 0.3 is 12.1 Å². The van der Waals surface area contributed by atoms with Gasteiger partial charge in [0.25, 0.3) is 5.91 Å². The number of aromatic nitrogens is 1. The standard InChI is InChI=1S/C10H9F3N2O4/c11-10(12,13)5-1-2-6(14-3-5)8(17)15-4-7(16)9(18)19/h1-3,7,16H,4H2,(H,15,17)(H,18,19)/t7-/m0/s1. The summed E-state index contributed by atoms with van der Waals surface area (Å²) in [6.07, 6.45) is -5.86. The summed E-state index contributed by atoms with van der Waals surface area (Å²) in [5.41, 5.74) is -1.32. The number of carboxylic acids is 1. The number of halogens is 3. The van der Waals surface area contributed by atoms with Crippen molar-refractivity contribution in [1.29, 1.82) is 0 Å². The zero-order valence-electron chi connectivity index (χ0n) is 9.31. The van der Waals surface area contributed by atoms with E-state index in [4.69, 9.17) is 10.2 Å². The number of carbonyl (C=O) groups excluding carboxylic acids is 1. The lowest BCUT2D eigenvalue weighted by molar-refractivity contribution is -0.146. The van der Waals surface area contributed by atoms with Gasteiger partial charge in [0, 0.05) is 6.20 Å². The summed E-state index contributed by atoms with van der Waals surface area (Å²) in [5, 5.41) is 19.3. The summed E-state index contributed by atoms with van der Waals surface area (Å²) < 4.78 is 36.7. The average molecular weight is 278 g/mol. The zero-order valence-corrected chi connectivity index (χ0v) is 9.31. The van der Waals surface area contributed by atoms with Crippen molar-refractivity contribution in [3.63, 3.8) is 0 Å². The summed E-state index contributed by atoms with van der Waals surface area (Å²) in [5.74, 6) is -2.41. The van der Waals surface area contributed by atoms with Gasteiger partial charge in [-0.1, -0.05) is 0 Å². The molecule has 0 saturated heterocycles. The van der Waals surface area contributed by atoms with Gasteiger partial charge in [-0.2, -0.15) is 13.2 Å². The topological polar surface area (TPSA) is 99.5 Å². The van der Waals surface area contributed by atoms with Crippen molar-refractivity contribution in [2.75, 3.05) is 6.54 Å². The first kappa shape index (κ1) is 14.9. The van der Waals surface area contributed by atoms with Crippen molar-refractivity contribution >= 4 is 11.9 Å². The van der Waals surface area contributed by atoms with Crippen molar-refractivity contribution in [1.82, 2.24) is 10.3 Å². The smallest absolute Gasteiger partial charge is 0.417 e. The molecule has 1 aromatic heterocycles. The maximum Gasteiger partial charge on any atom is 0.417 e. The minimum absolute atomic E-state index is 0.314. The molecule has 104 valence electrons. The molecule has 0 fully saturated rings. The number of alkyl halides is 3. The van der Waals surface area contributed by atoms with Gasteiger partial charge in [-0.3, -0.25) is 9.78 Å². The van der Waals surface area contributed by atoms with Gasteiger partial charge in [0.15, 0.2) is 6.10 Å². The highest BCUT2D eigenvalue weighted by atomic mass is 19.4. The lowest BCUT2D eigenvalue weighted by Gasteiger charge is -2.08. The molecule has 0 aliphatic rings. The first-order valence-corrected chi connectivity index (χ1v) is 4.94. The number of carboxylic acid groups (broad SMARTS) is 1. The molecule has 0 aliphatic heterocycles. The quantitative estimate of drug-likeness (QED) is 0.734. The molecule has 1 amide bonds. The van der Waals surface area contributed by atoms with E-state index in [1.54, 1.807) is 0 Å². The molecule has 1 atom stereocenters. The number of carbonyl (C=O) groups is 2. The van der Waals surface area contributed by atoms with E-state index in [0.29, 0.717) is 12.3 Å². The van der Waals surface area contributed by atoms with Crippen LogP contribution in [0.25, 0.3) is 0 Å². The molecule has 0 aromatic carbocycles. The normalized spacial score (nSPS) is 12.8. The Morgan fingerprint density at radius 2 is 2.00 bits per heavy atom. The Hall–Kier alpha value is -2.16. The third-order valence-electron chi connectivity index (χ3n) is 2.06. The summed E-state index contributed by atoms with van der Waals surface area (Å²) in [7, 11) is 0. The second-order valence-corrected chi connectivity index (χ2v) is 3.49. The molecule has 19 heavy (non-hydrogen) atoms. The fraction of sp³-hybridized carbons (Fsp3) is 0.300. The van der Waals surface area contributed by atoms with Crippen molar-refractivity contribution in [2.45, 2.75) is 12.3 Å². The molecule has 0 bridgehead atoms. The molecular weight excluding hydrogens is 269 g/mol. The molecule has 0 spiro atoms. The third kappa shape index (κ3) is 4.21. The summed E-state index contributed by atoms with van der Waals surface area (Å²) in [4.78, 5) is 24.9. The van der Waals surface area contributed by atoms with E-state index in [-0.39, 0.29) is 5.69 Å². The number of aliphatic carboxylic acids is 1. The van der Waals surface area contributed by atoms with Gasteiger partial charge in [0.1, 0.15) is 5.69 Å². The van der Waals surface area contributed by atoms with Crippen LogP contribution in [-0.4, -0.2) is 39.7 Å². The Balaban J connectivity index is 2.66. The van der Waals surface area contributed by atoms with Crippen LogP contribution < -0.4 is 5.32 Å². The molecule has 0 saturated carbocycles. The van der Waals surface area contributed by atoms with E-state index in [9.17, 15) is 22.8 Å². The Bertz CT molecular complexity index is 473. The first-order valence-electron chi connectivity index (χ1n) is 4.94. The van der Waals surface area contributed by atoms with Gasteiger partial charge in [-0.05, 0) is 12.1 Å². The van der Waals surface area contributed by atoms with Crippen LogP contribution in [0.5, 0.6) is 0 Å². The lowest BCUT2D eigenvalue weighted by Crippen LogP contribution is -2.36. The Labute approximate surface area is 104 Å². The average Bonchev–Trinajstić information content (AvgIpc) is 2.34. The predicted octanol–water partition coefficient (Wildman–Crippen LogP) is 0.276. The number of pyridine rings is 1. The van der Waals surface area contributed by atoms with Crippen molar-refractivity contribution in [2.24, 2.45) is 0 Å². The van der Waals surface area contributed by atoms with Crippen LogP contribution in [0.4, 0.5) is 13.2 Å². The van der Waals surface area contributed by atoms with E-state index >= 15 is 0 Å². The molecule has 1 rings (SSSR count). The van der Waals surface area contributed by atoms with Crippen molar-refractivity contribution in [3.8, 4) is 0 Å². The molecule has 1 heterocycles. The fourth-order valence-electron chi connectivity index (χ4n) is 1.06. The van der Waals surface area contributed by atoms with Gasteiger partial charge in [-0.15, -0.1) is 0 Å². The Morgan fingerprint density at radius 3 is 2.42 bits per heavy atom. The highest BCUT2D eigenvalue weighted by Gasteiger charge is 2.30. The van der Waals surface area contributed by atoms with Crippen LogP contribution in [0.3, 0.4) is 0 Å². The Kier molecular flexibility index (Phi) is 4.43. The first-order chi connectivity index (χ1) is 8.71. The highest BCUT2D eigenvalue weighted by Crippen LogP contribution is 2.28. The van der Waals surface area contributed by atoms with Crippen LogP contribution in [-0.2, 0) is 11.0 Å². The molecule has 0 radical (unpaired) electrons. The molecule has 6 nitrogen and oxygen atoms in total. The second kappa shape index (κ2) is 5.65. The van der Waals surface area contributed by atoms with Gasteiger partial charge in [-0.25, -0.2) is 4.79 Å². The predicted molar refractivity (Wildman–Crippen MR) is 55.2 cm³/mol. The minimum atomic E-state index is -4.55. The molecule has 0 unspecified atom stereocenters. The summed E-state index contributed by atoms with van der Waals surface area (Å²) in [6, 6.07) is 1.53. The SMILES string of the molecule is O=C(NC[C@H](O)C(=O)O)c1ccc(C(F)(F)F)cn1. The maximum absolute atomic E-state index is 12.2. The lowest BCUT2D eigenvalue weighted by atomic mass is 10.2. The number of hydrogen-bond acceptors (Lipinski definition) is 4. The number of aliphatic hydroxyl groups excluding tert-OH is 1. The number of rotatable bonds is 4. The summed E-state index contributed by atoms with van der Waals surface area (Å²) >= 11 is 0. The number of aliphatic hydroxyl groups is 1. The molecule has 1 aromatic rings. The molecular formula is C10H9F3N2O4. The van der Waals surface area contributed by atoms with Gasteiger partial charge < -0.3 is 15.5 Å². The fourth-order valence-corrected chi connectivity index (χ4v) is 1.06. The second-order valence-electron chi connectivity index (χ2n) is 3.49. The van der Waals surface area contributed by atoms with Crippen molar-refractivity contribution in [3.05, 3.63) is 29.6 Å². The zero-order chi connectivity index (χ0) is 14.6. The minimum Gasteiger partial charge on any atom is -0.479 e. The summed E-state index contributed by atoms with van der Waals surface area (Å²) in [6.45, 7) is -0.573. The van der Waals surface area contributed by atoms with E-state index in [0.717, 1.165) is 6.07 Å². The molecule has 3 N–H and O–H groups in total.